The van der Waals surface area contributed by atoms with Gasteiger partial charge in [-0.25, -0.2) is 0 Å². The Kier molecular flexibility index (Phi) is 5.24. The Morgan fingerprint density at radius 2 is 2.22 bits per heavy atom. The minimum absolute atomic E-state index is 0. The summed E-state index contributed by atoms with van der Waals surface area (Å²) in [6.45, 7) is 3.88. The highest BCUT2D eigenvalue weighted by Crippen LogP contribution is 2.19. The first-order chi connectivity index (χ1) is 3.93. The average molecular weight is 139 g/mol. The number of rotatable bonds is 1. The molecule has 9 heavy (non-hydrogen) atoms. The number of allylic oxidation sites excluding steroid dienone is 2. The van der Waals surface area contributed by atoms with Crippen molar-refractivity contribution in [2.24, 2.45) is 5.92 Å². The number of hydrogen-bond donors (Lipinski definition) is 0. The van der Waals surface area contributed by atoms with Gasteiger partial charge < -0.3 is 0 Å². The fourth-order valence-electron chi connectivity index (χ4n) is 1.12. The summed E-state index contributed by atoms with van der Waals surface area (Å²) >= 11 is 0. The van der Waals surface area contributed by atoms with E-state index in [0.29, 0.717) is 0 Å². The first-order valence-electron chi connectivity index (χ1n) is 3.37. The van der Waals surface area contributed by atoms with Gasteiger partial charge in [-0.05, 0) is 25.2 Å². The zero-order valence-electron chi connectivity index (χ0n) is 5.27. The zero-order chi connectivity index (χ0) is 5.82. The summed E-state index contributed by atoms with van der Waals surface area (Å²) in [5.41, 5.74) is 0. The molecule has 51 valence electrons. The van der Waals surface area contributed by atoms with Gasteiger partial charge in [-0.15, -0.1) is 0 Å². The van der Waals surface area contributed by atoms with Gasteiger partial charge in [-0.2, -0.15) is 0 Å². The quantitative estimate of drug-likeness (QED) is 0.380. The van der Waals surface area contributed by atoms with Gasteiger partial charge in [-0.1, -0.05) is 25.5 Å². The molecule has 1 radical (unpaired) electrons. The SMILES string of the molecule is [AlH3].[CH2]CC1CC=CCC1. The van der Waals surface area contributed by atoms with Gasteiger partial charge in [0.2, 0.25) is 0 Å². The molecule has 0 fully saturated rings. The van der Waals surface area contributed by atoms with Crippen LogP contribution in [0.3, 0.4) is 0 Å². The summed E-state index contributed by atoms with van der Waals surface area (Å²) in [5, 5.41) is 0. The maximum atomic E-state index is 3.88. The van der Waals surface area contributed by atoms with E-state index < -0.39 is 0 Å². The van der Waals surface area contributed by atoms with Crippen LogP contribution >= 0.6 is 0 Å². The second kappa shape index (κ2) is 5.09. The molecule has 0 saturated heterocycles. The van der Waals surface area contributed by atoms with Crippen LogP contribution in [0.15, 0.2) is 12.2 Å². The van der Waals surface area contributed by atoms with Crippen LogP contribution in [0.1, 0.15) is 25.7 Å². The standard InChI is InChI=1S/C8H13.Al.3H/c1-2-8-6-4-3-5-7-8;;;;/h3-4,8H,1-2,5-7H2;;;;. The van der Waals surface area contributed by atoms with E-state index in [4.69, 9.17) is 0 Å². The van der Waals surface area contributed by atoms with Crippen LogP contribution in [-0.4, -0.2) is 17.4 Å². The molecule has 0 aliphatic heterocycles. The second-order valence-corrected chi connectivity index (χ2v) is 2.44. The van der Waals surface area contributed by atoms with Gasteiger partial charge in [0.25, 0.3) is 0 Å². The molecule has 1 rings (SSSR count). The normalized spacial score (nSPS) is 25.2. The molecule has 0 aromatic heterocycles. The third-order valence-electron chi connectivity index (χ3n) is 1.79. The van der Waals surface area contributed by atoms with Crippen LogP contribution in [0.25, 0.3) is 0 Å². The molecule has 0 N–H and O–H groups in total. The maximum absolute atomic E-state index is 3.88. The molecule has 1 heteroatoms. The lowest BCUT2D eigenvalue weighted by molar-refractivity contribution is 0.484. The van der Waals surface area contributed by atoms with E-state index in [0.717, 1.165) is 12.3 Å². The molecule has 0 amide bonds. The van der Waals surface area contributed by atoms with Crippen molar-refractivity contribution in [3.05, 3.63) is 19.1 Å². The van der Waals surface area contributed by atoms with Gasteiger partial charge in [0.15, 0.2) is 17.4 Å². The van der Waals surface area contributed by atoms with Crippen molar-refractivity contribution in [1.82, 2.24) is 0 Å². The highest BCUT2D eigenvalue weighted by atomic mass is 27.0. The molecule has 1 unspecified atom stereocenters. The smallest absolute Gasteiger partial charge is 0.0885 e. The first-order valence-corrected chi connectivity index (χ1v) is 3.37. The Balaban J connectivity index is 0.000000640. The molecule has 0 heterocycles. The lowest BCUT2D eigenvalue weighted by Gasteiger charge is -2.13. The molecule has 1 aliphatic carbocycles. The van der Waals surface area contributed by atoms with E-state index >= 15 is 0 Å². The lowest BCUT2D eigenvalue weighted by Crippen LogP contribution is -1.99. The topological polar surface area (TPSA) is 0 Å². The zero-order valence-corrected chi connectivity index (χ0v) is 5.27. The highest BCUT2D eigenvalue weighted by Gasteiger charge is 2.05. The van der Waals surface area contributed by atoms with Crippen LogP contribution in [-0.2, 0) is 0 Å². The Morgan fingerprint density at radius 3 is 2.56 bits per heavy atom. The van der Waals surface area contributed by atoms with Crippen molar-refractivity contribution in [2.75, 3.05) is 0 Å². The van der Waals surface area contributed by atoms with Gasteiger partial charge >= 0.3 is 0 Å². The summed E-state index contributed by atoms with van der Waals surface area (Å²) in [6, 6.07) is 0. The van der Waals surface area contributed by atoms with Crippen molar-refractivity contribution < 1.29 is 0 Å². The Labute approximate surface area is 68.5 Å². The van der Waals surface area contributed by atoms with Gasteiger partial charge in [0.1, 0.15) is 0 Å². The molecule has 0 aromatic carbocycles. The van der Waals surface area contributed by atoms with Gasteiger partial charge in [0, 0.05) is 0 Å². The monoisotopic (exact) mass is 139 g/mol. The third kappa shape index (κ3) is 3.08. The fraction of sp³-hybridized carbons (Fsp3) is 0.625. The minimum Gasteiger partial charge on any atom is -0.0885 e. The predicted octanol–water partition coefficient (Wildman–Crippen LogP) is 1.38. The summed E-state index contributed by atoms with van der Waals surface area (Å²) in [5.74, 6) is 0.889. The van der Waals surface area contributed by atoms with E-state index in [9.17, 15) is 0 Å². The van der Waals surface area contributed by atoms with E-state index in [-0.39, 0.29) is 17.4 Å². The van der Waals surface area contributed by atoms with E-state index in [2.05, 4.69) is 19.1 Å². The Bertz CT molecular complexity index is 86.6. The summed E-state index contributed by atoms with van der Waals surface area (Å²) in [4.78, 5) is 0. The molecule has 1 aliphatic rings. The molecule has 0 nitrogen and oxygen atoms in total. The minimum atomic E-state index is 0. The summed E-state index contributed by atoms with van der Waals surface area (Å²) in [7, 11) is 0. The molecule has 0 aromatic rings. The fourth-order valence-corrected chi connectivity index (χ4v) is 1.12. The van der Waals surface area contributed by atoms with Crippen LogP contribution in [0.4, 0.5) is 0 Å². The Morgan fingerprint density at radius 1 is 1.44 bits per heavy atom. The summed E-state index contributed by atoms with van der Waals surface area (Å²) in [6.07, 6.45) is 9.57. The Hall–Kier alpha value is 0.272. The largest absolute Gasteiger partial charge is 0.187 e. The molecule has 1 atom stereocenters. The van der Waals surface area contributed by atoms with Gasteiger partial charge in [-0.3, -0.25) is 0 Å². The third-order valence-corrected chi connectivity index (χ3v) is 1.79. The number of hydrogen-bond acceptors (Lipinski definition) is 0. The predicted molar refractivity (Wildman–Crippen MR) is 46.4 cm³/mol. The molecule has 0 spiro atoms. The second-order valence-electron chi connectivity index (χ2n) is 2.44. The van der Waals surface area contributed by atoms with Crippen molar-refractivity contribution in [3.63, 3.8) is 0 Å². The van der Waals surface area contributed by atoms with E-state index in [1.54, 1.807) is 0 Å². The van der Waals surface area contributed by atoms with Gasteiger partial charge in [0.05, 0.1) is 0 Å². The van der Waals surface area contributed by atoms with Crippen molar-refractivity contribution in [1.29, 1.82) is 0 Å². The lowest BCUT2D eigenvalue weighted by atomic mass is 9.92. The molecular formula is C8H16Al. The molecule has 0 saturated carbocycles. The molecular weight excluding hydrogens is 123 g/mol. The molecule has 0 bridgehead atoms. The maximum Gasteiger partial charge on any atom is 0.187 e. The van der Waals surface area contributed by atoms with Crippen molar-refractivity contribution in [3.8, 4) is 0 Å². The van der Waals surface area contributed by atoms with Crippen molar-refractivity contribution >= 4 is 17.4 Å². The van der Waals surface area contributed by atoms with Crippen LogP contribution in [0.2, 0.25) is 0 Å². The van der Waals surface area contributed by atoms with Crippen LogP contribution < -0.4 is 0 Å². The average Bonchev–Trinajstić information content (AvgIpc) is 1.90. The van der Waals surface area contributed by atoms with E-state index in [1.165, 1.54) is 19.3 Å². The van der Waals surface area contributed by atoms with Crippen molar-refractivity contribution in [2.45, 2.75) is 25.7 Å². The van der Waals surface area contributed by atoms with E-state index in [1.807, 2.05) is 0 Å². The first kappa shape index (κ1) is 9.27. The van der Waals surface area contributed by atoms with Crippen LogP contribution in [0.5, 0.6) is 0 Å². The summed E-state index contributed by atoms with van der Waals surface area (Å²) < 4.78 is 0. The highest BCUT2D eigenvalue weighted by molar-refractivity contribution is 5.75. The van der Waals surface area contributed by atoms with Crippen LogP contribution in [0, 0.1) is 12.8 Å².